The summed E-state index contributed by atoms with van der Waals surface area (Å²) < 4.78 is 0. The topological polar surface area (TPSA) is 69.6 Å². The van der Waals surface area contributed by atoms with E-state index in [4.69, 9.17) is 5.11 Å². The van der Waals surface area contributed by atoms with Crippen LogP contribution in [0.5, 0.6) is 0 Å². The Kier molecular flexibility index (Phi) is 8.37. The third-order valence-electron chi connectivity index (χ3n) is 3.19. The van der Waals surface area contributed by atoms with Gasteiger partial charge in [-0.3, -0.25) is 9.59 Å². The Balaban J connectivity index is 3.74. The molecule has 2 unspecified atom stereocenters. The van der Waals surface area contributed by atoms with E-state index in [1.165, 1.54) is 0 Å². The minimum atomic E-state index is -0.855. The molecule has 1 amide bonds. The quantitative estimate of drug-likeness (QED) is 0.654. The van der Waals surface area contributed by atoms with Crippen LogP contribution in [0.4, 0.5) is 0 Å². The molecule has 0 heterocycles. The van der Waals surface area contributed by atoms with E-state index in [1.54, 1.807) is 6.92 Å². The van der Waals surface area contributed by atoms with Gasteiger partial charge >= 0.3 is 5.97 Å². The van der Waals surface area contributed by atoms with Crippen LogP contribution in [0.3, 0.4) is 0 Å². The molecule has 0 aliphatic rings. The van der Waals surface area contributed by atoms with Gasteiger partial charge in [0.2, 0.25) is 5.91 Å². The monoisotopic (exact) mass is 258 g/mol. The van der Waals surface area contributed by atoms with E-state index in [0.29, 0.717) is 12.6 Å². The van der Waals surface area contributed by atoms with Gasteiger partial charge < -0.3 is 15.3 Å². The fraction of sp³-hybridized carbons (Fsp3) is 0.846. The van der Waals surface area contributed by atoms with Crippen molar-refractivity contribution < 1.29 is 14.7 Å². The summed E-state index contributed by atoms with van der Waals surface area (Å²) in [5.74, 6) is -1.04. The fourth-order valence-electron chi connectivity index (χ4n) is 1.66. The number of hydrogen-bond acceptors (Lipinski definition) is 3. The number of rotatable bonds is 9. The van der Waals surface area contributed by atoms with Crippen LogP contribution in [0.15, 0.2) is 0 Å². The van der Waals surface area contributed by atoms with Crippen molar-refractivity contribution in [1.29, 1.82) is 0 Å². The zero-order valence-corrected chi connectivity index (χ0v) is 11.9. The number of amides is 1. The highest BCUT2D eigenvalue weighted by molar-refractivity contribution is 5.77. The zero-order chi connectivity index (χ0) is 14.1. The van der Waals surface area contributed by atoms with Crippen LogP contribution in [-0.4, -0.2) is 48.1 Å². The van der Waals surface area contributed by atoms with Gasteiger partial charge in [-0.25, -0.2) is 0 Å². The molecule has 0 aliphatic carbocycles. The Morgan fingerprint density at radius 3 is 2.39 bits per heavy atom. The molecule has 0 saturated heterocycles. The van der Waals surface area contributed by atoms with Crippen molar-refractivity contribution in [3.63, 3.8) is 0 Å². The molecule has 0 aromatic rings. The average molecular weight is 258 g/mol. The van der Waals surface area contributed by atoms with Crippen LogP contribution in [0.25, 0.3) is 0 Å². The normalized spacial score (nSPS) is 14.3. The first-order valence-corrected chi connectivity index (χ1v) is 6.55. The lowest BCUT2D eigenvalue weighted by atomic mass is 10.0. The second-order valence-corrected chi connectivity index (χ2v) is 4.99. The number of nitrogens with one attached hydrogen (secondary N) is 1. The lowest BCUT2D eigenvalue weighted by Crippen LogP contribution is -2.37. The Labute approximate surface area is 110 Å². The van der Waals surface area contributed by atoms with Crippen LogP contribution in [0.1, 0.15) is 40.0 Å². The minimum Gasteiger partial charge on any atom is -0.481 e. The van der Waals surface area contributed by atoms with E-state index in [2.05, 4.69) is 24.1 Å². The number of nitrogens with zero attached hydrogens (tertiary/aromatic N) is 1. The van der Waals surface area contributed by atoms with Gasteiger partial charge in [0.05, 0.1) is 0 Å². The molecule has 2 N–H and O–H groups in total. The Morgan fingerprint density at radius 2 is 1.89 bits per heavy atom. The summed E-state index contributed by atoms with van der Waals surface area (Å²) in [6.45, 7) is 7.48. The predicted molar refractivity (Wildman–Crippen MR) is 71.4 cm³/mol. The highest BCUT2D eigenvalue weighted by atomic mass is 16.4. The van der Waals surface area contributed by atoms with Crippen LogP contribution >= 0.6 is 0 Å². The lowest BCUT2D eigenvalue weighted by molar-refractivity contribution is -0.138. The number of likely N-dealkylation sites (N-methyl/N-ethyl adjacent to an activating group) is 1. The molecule has 5 heteroatoms. The molecule has 2 atom stereocenters. The number of hydrogen-bond donors (Lipinski definition) is 2. The molecule has 0 aromatic heterocycles. The number of carboxylic acid groups (broad SMARTS) is 1. The zero-order valence-electron chi connectivity index (χ0n) is 11.9. The van der Waals surface area contributed by atoms with Gasteiger partial charge in [-0.05, 0) is 26.3 Å². The van der Waals surface area contributed by atoms with Crippen molar-refractivity contribution in [2.75, 3.05) is 20.1 Å². The number of carboxylic acids is 1. The Hall–Kier alpha value is -1.10. The van der Waals surface area contributed by atoms with Crippen molar-refractivity contribution in [1.82, 2.24) is 10.2 Å². The molecule has 0 aromatic carbocycles. The first-order valence-electron chi connectivity index (χ1n) is 6.55. The average Bonchev–Trinajstić information content (AvgIpc) is 2.26. The largest absolute Gasteiger partial charge is 0.481 e. The van der Waals surface area contributed by atoms with Gasteiger partial charge in [0.15, 0.2) is 0 Å². The molecule has 0 saturated carbocycles. The highest BCUT2D eigenvalue weighted by Gasteiger charge is 2.12. The van der Waals surface area contributed by atoms with Crippen LogP contribution in [0, 0.1) is 5.92 Å². The number of carbonyl (C=O) groups is 2. The van der Waals surface area contributed by atoms with Gasteiger partial charge in [0, 0.05) is 32.0 Å². The van der Waals surface area contributed by atoms with Crippen LogP contribution in [-0.2, 0) is 9.59 Å². The van der Waals surface area contributed by atoms with E-state index in [-0.39, 0.29) is 24.7 Å². The smallest absolute Gasteiger partial charge is 0.303 e. The van der Waals surface area contributed by atoms with Crippen molar-refractivity contribution in [3.05, 3.63) is 0 Å². The van der Waals surface area contributed by atoms with Gasteiger partial charge in [0.25, 0.3) is 0 Å². The summed E-state index contributed by atoms with van der Waals surface area (Å²) in [6.07, 6.45) is 1.40. The van der Waals surface area contributed by atoms with Crippen molar-refractivity contribution in [3.8, 4) is 0 Å². The summed E-state index contributed by atoms with van der Waals surface area (Å²) in [5, 5.41) is 11.4. The van der Waals surface area contributed by atoms with Gasteiger partial charge in [0.1, 0.15) is 0 Å². The summed E-state index contributed by atoms with van der Waals surface area (Å²) in [7, 11) is 2.04. The van der Waals surface area contributed by atoms with Crippen LogP contribution < -0.4 is 5.32 Å². The van der Waals surface area contributed by atoms with Crippen molar-refractivity contribution in [2.45, 2.75) is 46.1 Å². The third-order valence-corrected chi connectivity index (χ3v) is 3.19. The van der Waals surface area contributed by atoms with Gasteiger partial charge in [-0.1, -0.05) is 13.8 Å². The summed E-state index contributed by atoms with van der Waals surface area (Å²) >= 11 is 0. The maximum atomic E-state index is 11.5. The van der Waals surface area contributed by atoms with E-state index in [0.717, 1.165) is 13.0 Å². The molecule has 0 spiro atoms. The number of carbonyl (C=O) groups excluding carboxylic acids is 1. The lowest BCUT2D eigenvalue weighted by Gasteiger charge is -2.23. The summed E-state index contributed by atoms with van der Waals surface area (Å²) in [5.41, 5.74) is 0. The van der Waals surface area contributed by atoms with Crippen molar-refractivity contribution in [2.24, 2.45) is 5.92 Å². The molecule has 0 rings (SSSR count). The molecule has 18 heavy (non-hydrogen) atoms. The highest BCUT2D eigenvalue weighted by Crippen LogP contribution is 2.06. The maximum Gasteiger partial charge on any atom is 0.303 e. The predicted octanol–water partition coefficient (Wildman–Crippen LogP) is 1.33. The molecule has 0 bridgehead atoms. The van der Waals surface area contributed by atoms with E-state index >= 15 is 0 Å². The molecule has 106 valence electrons. The second kappa shape index (κ2) is 8.91. The first kappa shape index (κ1) is 16.9. The second-order valence-electron chi connectivity index (χ2n) is 4.99. The van der Waals surface area contributed by atoms with E-state index < -0.39 is 5.97 Å². The van der Waals surface area contributed by atoms with Gasteiger partial charge in [-0.15, -0.1) is 0 Å². The molecule has 0 radical (unpaired) electrons. The molecule has 0 fully saturated rings. The standard InChI is InChI=1S/C13H26N2O3/c1-5-11(3)15(4)7-6-14-12(16)8-10(2)9-13(17)18/h10-11H,5-9H2,1-4H3,(H,14,16)(H,17,18). The summed E-state index contributed by atoms with van der Waals surface area (Å²) in [6, 6.07) is 0.507. The molecular formula is C13H26N2O3. The molecule has 5 nitrogen and oxygen atoms in total. The third kappa shape index (κ3) is 8.06. The van der Waals surface area contributed by atoms with Crippen molar-refractivity contribution >= 4 is 11.9 Å². The summed E-state index contributed by atoms with van der Waals surface area (Å²) in [4.78, 5) is 24.2. The SMILES string of the molecule is CCC(C)N(C)CCNC(=O)CC(C)CC(=O)O. The van der Waals surface area contributed by atoms with E-state index in [1.807, 2.05) is 7.05 Å². The number of aliphatic carboxylic acids is 1. The van der Waals surface area contributed by atoms with Crippen LogP contribution in [0.2, 0.25) is 0 Å². The maximum absolute atomic E-state index is 11.5. The first-order chi connectivity index (χ1) is 8.36. The van der Waals surface area contributed by atoms with E-state index in [9.17, 15) is 9.59 Å². The van der Waals surface area contributed by atoms with Gasteiger partial charge in [-0.2, -0.15) is 0 Å². The Morgan fingerprint density at radius 1 is 1.28 bits per heavy atom. The molecular weight excluding hydrogens is 232 g/mol. The Bertz CT molecular complexity index is 269. The fourth-order valence-corrected chi connectivity index (χ4v) is 1.66. The molecule has 0 aliphatic heterocycles. The minimum absolute atomic E-state index is 0.0419.